The van der Waals surface area contributed by atoms with Gasteiger partial charge in [0.05, 0.1) is 25.9 Å². The summed E-state index contributed by atoms with van der Waals surface area (Å²) in [7, 11) is 3.35. The SMILES string of the molecule is COc1ccc2c3c(c4ccc(OC)cc4c2c1)C(C)(Cc1cccs1)\C(=C/C=C/C=C/C1N(CCCC(=O)O)c2ccc(CC(C)=O)cc2C1(C)C)N3CCCC(=O)O. The molecule has 1 aromatic heterocycles. The summed E-state index contributed by atoms with van der Waals surface area (Å²) >= 11 is 1.74. The molecule has 60 heavy (non-hydrogen) atoms. The van der Waals surface area contributed by atoms with E-state index in [0.29, 0.717) is 32.4 Å². The number of nitrogens with zero attached hydrogens (tertiary/aromatic N) is 2. The van der Waals surface area contributed by atoms with Gasteiger partial charge in [-0.15, -0.1) is 11.3 Å². The van der Waals surface area contributed by atoms with Crippen molar-refractivity contribution in [3.05, 3.63) is 130 Å². The van der Waals surface area contributed by atoms with Crippen LogP contribution in [0.25, 0.3) is 21.5 Å². The largest absolute Gasteiger partial charge is 0.497 e. The number of methoxy groups -OCH3 is 2. The van der Waals surface area contributed by atoms with Crippen molar-refractivity contribution >= 4 is 62.0 Å². The third-order valence-corrected chi connectivity index (χ3v) is 13.1. The van der Waals surface area contributed by atoms with Gasteiger partial charge >= 0.3 is 11.9 Å². The lowest BCUT2D eigenvalue weighted by atomic mass is 9.75. The number of thiophene rings is 1. The number of hydrogen-bond donors (Lipinski definition) is 2. The van der Waals surface area contributed by atoms with Crippen LogP contribution in [-0.4, -0.2) is 61.3 Å². The lowest BCUT2D eigenvalue weighted by Gasteiger charge is -2.32. The van der Waals surface area contributed by atoms with Gasteiger partial charge in [-0.2, -0.15) is 0 Å². The van der Waals surface area contributed by atoms with Crippen LogP contribution in [-0.2, 0) is 38.1 Å². The summed E-state index contributed by atoms with van der Waals surface area (Å²) < 4.78 is 11.5. The molecule has 2 aliphatic heterocycles. The van der Waals surface area contributed by atoms with E-state index in [1.807, 2.05) is 18.2 Å². The number of carbonyl (C=O) groups excluding carboxylic acids is 1. The smallest absolute Gasteiger partial charge is 0.303 e. The minimum absolute atomic E-state index is 0.0502. The minimum atomic E-state index is -0.824. The van der Waals surface area contributed by atoms with Crippen LogP contribution in [0.1, 0.15) is 74.9 Å². The Labute approximate surface area is 356 Å². The lowest BCUT2D eigenvalue weighted by molar-refractivity contribution is -0.138. The first-order chi connectivity index (χ1) is 28.8. The van der Waals surface area contributed by atoms with Gasteiger partial charge in [-0.05, 0) is 120 Å². The van der Waals surface area contributed by atoms with E-state index >= 15 is 0 Å². The normalized spacial score (nSPS) is 18.9. The van der Waals surface area contributed by atoms with Gasteiger partial charge in [-0.3, -0.25) is 14.4 Å². The van der Waals surface area contributed by atoms with Gasteiger partial charge in [0.25, 0.3) is 0 Å². The number of Topliss-reactive ketones (excluding diaryl/α,β-unsaturated/α-hetero) is 1. The van der Waals surface area contributed by atoms with E-state index in [0.717, 1.165) is 67.7 Å². The second kappa shape index (κ2) is 17.4. The van der Waals surface area contributed by atoms with E-state index in [1.165, 1.54) is 10.4 Å². The molecule has 5 aromatic rings. The third-order valence-electron chi connectivity index (χ3n) is 12.2. The maximum absolute atomic E-state index is 12.0. The van der Waals surface area contributed by atoms with E-state index in [4.69, 9.17) is 9.47 Å². The molecule has 9 nitrogen and oxygen atoms in total. The number of allylic oxidation sites excluding steroid dienone is 5. The van der Waals surface area contributed by atoms with E-state index in [1.54, 1.807) is 32.5 Å². The average molecular weight is 827 g/mol. The highest BCUT2D eigenvalue weighted by molar-refractivity contribution is 7.09. The molecule has 0 saturated heterocycles. The summed E-state index contributed by atoms with van der Waals surface area (Å²) in [5.74, 6) is -0.0150. The molecule has 0 bridgehead atoms. The van der Waals surface area contributed by atoms with Crippen molar-refractivity contribution in [2.75, 3.05) is 37.1 Å². The molecule has 0 spiro atoms. The molecule has 312 valence electrons. The number of ether oxygens (including phenoxy) is 2. The maximum atomic E-state index is 12.0. The fraction of sp³-hybridized carbons (Fsp3) is 0.340. The van der Waals surface area contributed by atoms with Crippen molar-refractivity contribution in [2.45, 2.75) is 83.1 Å². The van der Waals surface area contributed by atoms with Gasteiger partial charge < -0.3 is 29.5 Å². The Morgan fingerprint density at radius 2 is 1.47 bits per heavy atom. The number of carboxylic acids is 2. The highest BCUT2D eigenvalue weighted by Gasteiger charge is 2.46. The zero-order chi connectivity index (χ0) is 42.8. The Balaban J connectivity index is 1.34. The van der Waals surface area contributed by atoms with E-state index in [-0.39, 0.29) is 30.1 Å². The predicted octanol–water partition coefficient (Wildman–Crippen LogP) is 10.4. The van der Waals surface area contributed by atoms with Crippen molar-refractivity contribution in [3.63, 3.8) is 0 Å². The summed E-state index contributed by atoms with van der Waals surface area (Å²) in [6, 6.07) is 22.9. The molecule has 0 amide bonds. The molecule has 2 N–H and O–H groups in total. The van der Waals surface area contributed by atoms with Crippen LogP contribution >= 0.6 is 11.3 Å². The summed E-state index contributed by atoms with van der Waals surface area (Å²) in [6.45, 7) is 9.44. The maximum Gasteiger partial charge on any atom is 0.303 e. The van der Waals surface area contributed by atoms with Crippen molar-refractivity contribution in [1.29, 1.82) is 0 Å². The Kier molecular flexibility index (Phi) is 12.2. The average Bonchev–Trinajstić information content (AvgIpc) is 3.86. The summed E-state index contributed by atoms with van der Waals surface area (Å²) in [6.07, 6.45) is 12.8. The molecule has 2 atom stereocenters. The molecule has 7 rings (SSSR count). The first-order valence-corrected chi connectivity index (χ1v) is 21.5. The fourth-order valence-corrected chi connectivity index (χ4v) is 10.3. The third kappa shape index (κ3) is 8.17. The van der Waals surface area contributed by atoms with Crippen molar-refractivity contribution < 1.29 is 34.1 Å². The quantitative estimate of drug-likeness (QED) is 0.0698. The van der Waals surface area contributed by atoms with Crippen molar-refractivity contribution in [1.82, 2.24) is 0 Å². The number of aliphatic carboxylic acids is 2. The minimum Gasteiger partial charge on any atom is -0.497 e. The standard InChI is InChI=1S/C50H54N2O7S/c1-32(53)27-33-18-23-42-41(28-33)49(2,3)43(51(42)24-10-16-45(54)55)14-8-7-9-15-44-50(4,31-36-13-12-26-60-36)47-37-21-19-34(58-5)29-39(37)40-30-35(59-6)20-22-38(40)48(47)52(44)25-11-17-46(56)57/h7-9,12-15,18-23,26,28-30,43H,10-11,16-17,24-25,27,31H2,1-6H3,(H,54,55)(H,56,57)/b9-7+,14-8+,44-15+. The van der Waals surface area contributed by atoms with Crippen LogP contribution in [0.4, 0.5) is 11.4 Å². The number of rotatable bonds is 17. The Bertz CT molecular complexity index is 2540. The van der Waals surface area contributed by atoms with Gasteiger partial charge in [-0.1, -0.05) is 62.4 Å². The molecule has 0 aliphatic carbocycles. The van der Waals surface area contributed by atoms with Crippen molar-refractivity contribution in [3.8, 4) is 11.5 Å². The lowest BCUT2D eigenvalue weighted by Crippen LogP contribution is -2.40. The highest BCUT2D eigenvalue weighted by atomic mass is 32.1. The van der Waals surface area contributed by atoms with Crippen LogP contribution in [0.5, 0.6) is 11.5 Å². The predicted molar refractivity (Wildman–Crippen MR) is 242 cm³/mol. The first kappa shape index (κ1) is 42.3. The van der Waals surface area contributed by atoms with Crippen molar-refractivity contribution in [2.24, 2.45) is 0 Å². The Morgan fingerprint density at radius 3 is 2.10 bits per heavy atom. The number of hydrogen-bond acceptors (Lipinski definition) is 8. The van der Waals surface area contributed by atoms with Gasteiger partial charge in [-0.25, -0.2) is 0 Å². The Morgan fingerprint density at radius 1 is 0.800 bits per heavy atom. The fourth-order valence-electron chi connectivity index (χ4n) is 9.48. The van der Waals surface area contributed by atoms with Crippen LogP contribution in [0.15, 0.2) is 108 Å². The van der Waals surface area contributed by atoms with Crippen LogP contribution in [0.2, 0.25) is 0 Å². The zero-order valence-corrected chi connectivity index (χ0v) is 36.1. The summed E-state index contributed by atoms with van der Waals surface area (Å²) in [5, 5.41) is 25.6. The highest BCUT2D eigenvalue weighted by Crippen LogP contribution is 2.57. The van der Waals surface area contributed by atoms with Gasteiger partial charge in [0.2, 0.25) is 0 Å². The second-order valence-electron chi connectivity index (χ2n) is 16.7. The monoisotopic (exact) mass is 826 g/mol. The van der Waals surface area contributed by atoms with Gasteiger partial charge in [0.15, 0.2) is 0 Å². The Hall–Kier alpha value is -5.87. The summed E-state index contributed by atoms with van der Waals surface area (Å²) in [5.41, 5.74) is 5.75. The van der Waals surface area contributed by atoms with E-state index < -0.39 is 17.4 Å². The molecule has 0 fully saturated rings. The topological polar surface area (TPSA) is 117 Å². The summed E-state index contributed by atoms with van der Waals surface area (Å²) in [4.78, 5) is 41.3. The molecule has 0 saturated carbocycles. The molecule has 10 heteroatoms. The molecular weight excluding hydrogens is 773 g/mol. The molecule has 4 aromatic carbocycles. The number of fused-ring (bicyclic) bond motifs is 7. The number of carboxylic acid groups (broad SMARTS) is 2. The molecule has 2 aliphatic rings. The second-order valence-corrected chi connectivity index (χ2v) is 17.7. The molecule has 0 radical (unpaired) electrons. The van der Waals surface area contributed by atoms with Crippen LogP contribution < -0.4 is 19.3 Å². The number of anilines is 2. The zero-order valence-electron chi connectivity index (χ0n) is 35.3. The first-order valence-electron chi connectivity index (χ1n) is 20.6. The van der Waals surface area contributed by atoms with Crippen LogP contribution in [0, 0.1) is 0 Å². The van der Waals surface area contributed by atoms with E-state index in [2.05, 4.69) is 115 Å². The van der Waals surface area contributed by atoms with Gasteiger partial charge in [0.1, 0.15) is 17.3 Å². The number of carbonyl (C=O) groups is 3. The molecule has 2 unspecified atom stereocenters. The number of benzene rings is 4. The number of ketones is 1. The van der Waals surface area contributed by atoms with E-state index in [9.17, 15) is 24.6 Å². The van der Waals surface area contributed by atoms with Crippen LogP contribution in [0.3, 0.4) is 0 Å². The van der Waals surface area contributed by atoms with Gasteiger partial charge in [0, 0.05) is 64.8 Å². The molecular formula is C50H54N2O7S. The molecule has 3 heterocycles.